The summed E-state index contributed by atoms with van der Waals surface area (Å²) in [6, 6.07) is 8.45. The van der Waals surface area contributed by atoms with Gasteiger partial charge in [0.25, 0.3) is 0 Å². The number of esters is 2. The number of aliphatic hydroxyl groups excluding tert-OH is 1. The topological polar surface area (TPSA) is 138 Å². The third-order valence-electron chi connectivity index (χ3n) is 11.6. The minimum Gasteiger partial charge on any atom is -0.455 e. The maximum atomic E-state index is 15.6. The number of hydrogen-bond donors (Lipinski definition) is 2. The van der Waals surface area contributed by atoms with Crippen LogP contribution in [-0.4, -0.2) is 92.9 Å². The fraction of sp³-hybridized carbons (Fsp3) is 0.676. The second kappa shape index (κ2) is 10.7. The van der Waals surface area contributed by atoms with E-state index in [1.165, 1.54) is 6.92 Å². The number of fused-ring (bicyclic) bond motifs is 6. The molecule has 10 nitrogen and oxygen atoms in total. The van der Waals surface area contributed by atoms with Crippen molar-refractivity contribution < 1.29 is 47.7 Å². The van der Waals surface area contributed by atoms with Crippen LogP contribution in [0, 0.1) is 16.7 Å². The summed E-state index contributed by atoms with van der Waals surface area (Å²) in [6.45, 7) is 16.9. The molecule has 3 aliphatic carbocycles. The predicted octanol–water partition coefficient (Wildman–Crippen LogP) is 4.09. The Kier molecular flexibility index (Phi) is 7.80. The van der Waals surface area contributed by atoms with E-state index < -0.39 is 87.0 Å². The number of benzene rings is 1. The van der Waals surface area contributed by atoms with Gasteiger partial charge in [-0.15, -0.1) is 0 Å². The summed E-state index contributed by atoms with van der Waals surface area (Å²) >= 11 is 0. The van der Waals surface area contributed by atoms with E-state index in [1.807, 2.05) is 13.8 Å². The fourth-order valence-electron chi connectivity index (χ4n) is 9.70. The lowest BCUT2D eigenvalue weighted by Gasteiger charge is -2.68. The molecule has 4 bridgehead atoms. The van der Waals surface area contributed by atoms with E-state index in [2.05, 4.69) is 26.2 Å². The van der Waals surface area contributed by atoms with E-state index in [1.54, 1.807) is 44.2 Å². The Balaban J connectivity index is 1.70. The van der Waals surface area contributed by atoms with Crippen molar-refractivity contribution >= 4 is 34.4 Å². The van der Waals surface area contributed by atoms with Crippen molar-refractivity contribution in [2.24, 2.45) is 16.7 Å². The summed E-state index contributed by atoms with van der Waals surface area (Å²) in [6.07, 6.45) is -4.94. The number of ketones is 1. The Morgan fingerprint density at radius 2 is 1.63 bits per heavy atom. The maximum Gasteiger partial charge on any atom is 0.338 e. The number of hydrogen-bond acceptors (Lipinski definition) is 10. The number of Topliss-reactive ketones (excluding diaryl/α,β-unsaturated/α-hetero) is 1. The predicted molar refractivity (Wildman–Crippen MR) is 173 cm³/mol. The van der Waals surface area contributed by atoms with Crippen molar-refractivity contribution in [3.8, 4) is 0 Å². The molecule has 2 saturated carbocycles. The Bertz CT molecular complexity index is 1490. The van der Waals surface area contributed by atoms with Crippen molar-refractivity contribution in [3.63, 3.8) is 0 Å². The van der Waals surface area contributed by atoms with Crippen molar-refractivity contribution in [1.29, 1.82) is 0 Å². The molecule has 1 aromatic carbocycles. The first-order valence-corrected chi connectivity index (χ1v) is 22.5. The molecular weight excluding hydrogens is 625 g/mol. The molecule has 252 valence electrons. The Morgan fingerprint density at radius 1 is 1.00 bits per heavy atom. The Labute approximate surface area is 273 Å². The summed E-state index contributed by atoms with van der Waals surface area (Å²) in [5.41, 5.74) is -4.00. The molecule has 5 aliphatic rings. The molecule has 1 unspecified atom stereocenters. The average molecular weight is 673 g/mol. The number of rotatable bonds is 3. The standard InChI is InChI=1S/C34H48O10Si2/c1-19-22(36)16-34(39)29(41-30(38)21-13-11-10-12-14-21)27-32(5)23(15-24-33(27,17-40-24)42-20(2)35)43-45(6,7)18-46(8,9)44-26(28(32)37)25(19)31(34,3)4/h10-14,22-24,26-27,29,36,39H,15-18H2,1-9H3/t22-,23+,24-,26-,27?,29-,32-,33-,34-/m1/s1. The van der Waals surface area contributed by atoms with Crippen molar-refractivity contribution in [2.75, 3.05) is 6.61 Å². The Hall–Kier alpha value is -2.20. The zero-order chi connectivity index (χ0) is 33.8. The molecule has 2 heterocycles. The van der Waals surface area contributed by atoms with Crippen molar-refractivity contribution in [2.45, 2.75) is 121 Å². The molecule has 12 heteroatoms. The molecule has 46 heavy (non-hydrogen) atoms. The molecule has 2 aliphatic heterocycles. The van der Waals surface area contributed by atoms with Crippen LogP contribution in [-0.2, 0) is 32.7 Å². The van der Waals surface area contributed by atoms with Crippen molar-refractivity contribution in [3.05, 3.63) is 47.0 Å². The normalized spacial score (nSPS) is 42.1. The zero-order valence-corrected chi connectivity index (χ0v) is 30.3. The maximum absolute atomic E-state index is 15.6. The van der Waals surface area contributed by atoms with Gasteiger partial charge in [0, 0.05) is 25.2 Å². The van der Waals surface area contributed by atoms with E-state index in [4.69, 9.17) is 23.1 Å². The van der Waals surface area contributed by atoms with Crippen LogP contribution < -0.4 is 0 Å². The van der Waals surface area contributed by atoms with E-state index in [0.29, 0.717) is 16.8 Å². The first-order valence-electron chi connectivity index (χ1n) is 16.3. The third kappa shape index (κ3) is 4.77. The average Bonchev–Trinajstić information content (AvgIpc) is 2.95. The highest BCUT2D eigenvalue weighted by atomic mass is 28.4. The van der Waals surface area contributed by atoms with E-state index >= 15 is 4.79 Å². The van der Waals surface area contributed by atoms with E-state index in [0.717, 1.165) is 0 Å². The molecule has 9 atom stereocenters. The molecule has 6 rings (SSSR count). The number of carbonyl (C=O) groups excluding carboxylic acids is 3. The monoisotopic (exact) mass is 672 g/mol. The van der Waals surface area contributed by atoms with Gasteiger partial charge in [-0.05, 0) is 69.0 Å². The van der Waals surface area contributed by atoms with Gasteiger partial charge in [0.1, 0.15) is 23.9 Å². The minimum absolute atomic E-state index is 0.0513. The van der Waals surface area contributed by atoms with Gasteiger partial charge in [-0.25, -0.2) is 4.79 Å². The summed E-state index contributed by atoms with van der Waals surface area (Å²) < 4.78 is 32.9. The highest BCUT2D eigenvalue weighted by Gasteiger charge is 2.78. The summed E-state index contributed by atoms with van der Waals surface area (Å²) in [4.78, 5) is 42.5. The third-order valence-corrected chi connectivity index (χ3v) is 20.2. The molecule has 1 aromatic rings. The lowest BCUT2D eigenvalue weighted by molar-refractivity contribution is -0.344. The van der Waals surface area contributed by atoms with Gasteiger partial charge >= 0.3 is 11.9 Å². The van der Waals surface area contributed by atoms with Gasteiger partial charge in [0.05, 0.1) is 35.7 Å². The summed E-state index contributed by atoms with van der Waals surface area (Å²) in [5.74, 6) is -2.67. The molecule has 4 fully saturated rings. The van der Waals surface area contributed by atoms with Crippen LogP contribution in [0.25, 0.3) is 0 Å². The quantitative estimate of drug-likeness (QED) is 0.274. The second-order valence-corrected chi connectivity index (χ2v) is 25.0. The highest BCUT2D eigenvalue weighted by molar-refractivity contribution is 6.89. The number of carbonyl (C=O) groups is 3. The molecule has 0 aromatic heterocycles. The van der Waals surface area contributed by atoms with Gasteiger partial charge in [0.2, 0.25) is 0 Å². The first kappa shape index (κ1) is 33.7. The van der Waals surface area contributed by atoms with Crippen LogP contribution in [0.4, 0.5) is 0 Å². The van der Waals surface area contributed by atoms with Crippen LogP contribution in [0.15, 0.2) is 41.5 Å². The second-order valence-electron chi connectivity index (χ2n) is 16.1. The van der Waals surface area contributed by atoms with Gasteiger partial charge < -0.3 is 33.3 Å². The van der Waals surface area contributed by atoms with Gasteiger partial charge in [-0.3, -0.25) is 9.59 Å². The largest absolute Gasteiger partial charge is 0.455 e. The van der Waals surface area contributed by atoms with Crippen molar-refractivity contribution in [1.82, 2.24) is 0 Å². The molecule has 0 radical (unpaired) electrons. The lowest BCUT2D eigenvalue weighted by Crippen LogP contribution is -2.82. The number of aliphatic hydroxyl groups is 2. The van der Waals surface area contributed by atoms with Crippen LogP contribution >= 0.6 is 0 Å². The van der Waals surface area contributed by atoms with Gasteiger partial charge in [-0.1, -0.05) is 32.0 Å². The van der Waals surface area contributed by atoms with E-state index in [9.17, 15) is 19.8 Å². The molecule has 0 spiro atoms. The number of ether oxygens (including phenoxy) is 3. The molecular formula is C34H48O10Si2. The summed E-state index contributed by atoms with van der Waals surface area (Å²) in [5, 5.41) is 24.9. The van der Waals surface area contributed by atoms with Gasteiger partial charge in [-0.2, -0.15) is 0 Å². The van der Waals surface area contributed by atoms with Crippen LogP contribution in [0.3, 0.4) is 0 Å². The zero-order valence-electron chi connectivity index (χ0n) is 28.3. The molecule has 2 N–H and O–H groups in total. The molecule has 0 amide bonds. The lowest BCUT2D eigenvalue weighted by atomic mass is 9.44. The SMILES string of the molecule is CC(=O)O[C@]12CO[C@@H]1C[C@@H]1O[Si](C)(C)C[Si](C)(C)O[C@H]3C(=O)[C@@]1(C)C2[C@@H](OC(=O)c1ccccc1)[C@]1(O)C[C@@H](O)C(C)=C3C1(C)C. The summed E-state index contributed by atoms with van der Waals surface area (Å²) in [7, 11) is -5.12. The van der Waals surface area contributed by atoms with Gasteiger partial charge in [0.15, 0.2) is 28.0 Å². The fourth-order valence-corrected chi connectivity index (χ4v) is 20.5. The smallest absolute Gasteiger partial charge is 0.338 e. The van der Waals surface area contributed by atoms with Crippen LogP contribution in [0.2, 0.25) is 31.9 Å². The van der Waals surface area contributed by atoms with Crippen LogP contribution in [0.5, 0.6) is 0 Å². The highest BCUT2D eigenvalue weighted by Crippen LogP contribution is 2.65. The minimum atomic E-state index is -2.61. The first-order chi connectivity index (χ1) is 21.2. The Morgan fingerprint density at radius 3 is 2.22 bits per heavy atom. The molecule has 2 saturated heterocycles. The van der Waals surface area contributed by atoms with E-state index in [-0.39, 0.29) is 30.8 Å². The van der Waals surface area contributed by atoms with Crippen LogP contribution in [0.1, 0.15) is 57.8 Å².